The molecule has 2 aromatic carbocycles. The monoisotopic (exact) mass is 440 g/mol. The molecule has 1 fully saturated rings. The standard InChI is InChI=1S/C26H24N4OS/c1-26(22-13-12-21(32-22)20-5-3-4-16(14-20)15-27)23(24(31)30(2)25(28)29-26)19-10-8-18(9-11-19)17-6-7-17/h3-5,8-14,17,23H,6-7H2,1-2H3,(H2,28,29)/t23-,26+/m0/s1. The van der Waals surface area contributed by atoms with Gasteiger partial charge in [-0.1, -0.05) is 36.4 Å². The fourth-order valence-electron chi connectivity index (χ4n) is 4.47. The minimum Gasteiger partial charge on any atom is -0.369 e. The summed E-state index contributed by atoms with van der Waals surface area (Å²) in [6.45, 7) is 1.99. The minimum atomic E-state index is -0.815. The first-order valence-corrected chi connectivity index (χ1v) is 11.6. The Morgan fingerprint density at radius 3 is 2.53 bits per heavy atom. The van der Waals surface area contributed by atoms with Gasteiger partial charge in [0.25, 0.3) is 0 Å². The van der Waals surface area contributed by atoms with Crippen LogP contribution in [-0.4, -0.2) is 23.8 Å². The molecule has 0 spiro atoms. The lowest BCUT2D eigenvalue weighted by atomic mass is 9.77. The third kappa shape index (κ3) is 3.39. The molecular formula is C26H24N4OS. The minimum absolute atomic E-state index is 0.0550. The van der Waals surface area contributed by atoms with Gasteiger partial charge in [0, 0.05) is 16.8 Å². The molecular weight excluding hydrogens is 416 g/mol. The zero-order valence-corrected chi connectivity index (χ0v) is 18.9. The average molecular weight is 441 g/mol. The molecule has 1 saturated carbocycles. The van der Waals surface area contributed by atoms with E-state index in [1.807, 2.05) is 37.3 Å². The molecule has 6 heteroatoms. The molecule has 2 N–H and O–H groups in total. The number of benzene rings is 2. The van der Waals surface area contributed by atoms with Crippen molar-refractivity contribution in [1.29, 1.82) is 5.26 Å². The van der Waals surface area contributed by atoms with Gasteiger partial charge in [-0.15, -0.1) is 11.3 Å². The van der Waals surface area contributed by atoms with Crippen molar-refractivity contribution >= 4 is 23.2 Å². The molecule has 3 aromatic rings. The van der Waals surface area contributed by atoms with Crippen molar-refractivity contribution in [2.45, 2.75) is 37.1 Å². The number of nitrogens with zero attached hydrogens (tertiary/aromatic N) is 3. The maximum absolute atomic E-state index is 13.5. The summed E-state index contributed by atoms with van der Waals surface area (Å²) >= 11 is 1.59. The van der Waals surface area contributed by atoms with Gasteiger partial charge in [-0.25, -0.2) is 4.99 Å². The number of nitriles is 1. The van der Waals surface area contributed by atoms with Crippen molar-refractivity contribution in [2.75, 3.05) is 7.05 Å². The molecule has 0 saturated heterocycles. The lowest BCUT2D eigenvalue weighted by molar-refractivity contribution is -0.130. The fourth-order valence-corrected chi connectivity index (χ4v) is 5.60. The third-order valence-electron chi connectivity index (χ3n) is 6.53. The summed E-state index contributed by atoms with van der Waals surface area (Å²) in [6, 6.07) is 22.2. The molecule has 1 aromatic heterocycles. The van der Waals surface area contributed by atoms with Crippen molar-refractivity contribution in [3.63, 3.8) is 0 Å². The SMILES string of the molecule is CN1C(=O)[C@H](c2ccc(C3CC3)cc2)[C@@](C)(c2ccc(-c3cccc(C#N)c3)s2)N=C1N. The van der Waals surface area contributed by atoms with E-state index in [1.165, 1.54) is 23.3 Å². The number of aliphatic imine (C=N–C) groups is 1. The summed E-state index contributed by atoms with van der Waals surface area (Å²) in [5, 5.41) is 9.24. The van der Waals surface area contributed by atoms with Crippen LogP contribution in [0.5, 0.6) is 0 Å². The van der Waals surface area contributed by atoms with Gasteiger partial charge >= 0.3 is 0 Å². The fraction of sp³-hybridized carbons (Fsp3) is 0.269. The Morgan fingerprint density at radius 1 is 1.12 bits per heavy atom. The largest absolute Gasteiger partial charge is 0.369 e. The molecule has 0 bridgehead atoms. The Kier molecular flexibility index (Phi) is 4.87. The molecule has 2 heterocycles. The topological polar surface area (TPSA) is 82.5 Å². The van der Waals surface area contributed by atoms with Crippen LogP contribution in [0.1, 0.15) is 53.2 Å². The summed E-state index contributed by atoms with van der Waals surface area (Å²) in [6.07, 6.45) is 2.49. The van der Waals surface area contributed by atoms with E-state index in [1.54, 1.807) is 24.5 Å². The van der Waals surface area contributed by atoms with E-state index in [2.05, 4.69) is 30.3 Å². The van der Waals surface area contributed by atoms with Crippen molar-refractivity contribution in [1.82, 2.24) is 4.90 Å². The second kappa shape index (κ2) is 7.61. The van der Waals surface area contributed by atoms with Gasteiger partial charge in [-0.2, -0.15) is 5.26 Å². The van der Waals surface area contributed by atoms with Crippen LogP contribution in [0.4, 0.5) is 0 Å². The summed E-state index contributed by atoms with van der Waals surface area (Å²) in [7, 11) is 1.68. The Labute approximate surface area is 191 Å². The van der Waals surface area contributed by atoms with Gasteiger partial charge in [0.2, 0.25) is 5.91 Å². The number of amides is 1. The maximum atomic E-state index is 13.5. The van der Waals surface area contributed by atoms with Crippen molar-refractivity contribution in [2.24, 2.45) is 10.7 Å². The van der Waals surface area contributed by atoms with Crippen LogP contribution >= 0.6 is 11.3 Å². The number of hydrogen-bond acceptors (Lipinski definition) is 5. The molecule has 0 radical (unpaired) electrons. The highest BCUT2D eigenvalue weighted by molar-refractivity contribution is 7.15. The molecule has 1 aliphatic carbocycles. The van der Waals surface area contributed by atoms with Crippen LogP contribution in [-0.2, 0) is 10.3 Å². The zero-order valence-electron chi connectivity index (χ0n) is 18.1. The molecule has 32 heavy (non-hydrogen) atoms. The summed E-state index contributed by atoms with van der Waals surface area (Å²) in [5.41, 5.74) is 9.24. The molecule has 1 amide bonds. The van der Waals surface area contributed by atoms with Crippen LogP contribution < -0.4 is 5.73 Å². The number of carbonyl (C=O) groups excluding carboxylic acids is 1. The van der Waals surface area contributed by atoms with Crippen molar-refractivity contribution < 1.29 is 4.79 Å². The van der Waals surface area contributed by atoms with Gasteiger partial charge in [-0.3, -0.25) is 9.69 Å². The number of guanidine groups is 1. The van der Waals surface area contributed by atoms with E-state index in [-0.39, 0.29) is 11.9 Å². The van der Waals surface area contributed by atoms with E-state index in [4.69, 9.17) is 10.7 Å². The first-order chi connectivity index (χ1) is 15.4. The van der Waals surface area contributed by atoms with E-state index in [0.717, 1.165) is 20.9 Å². The molecule has 160 valence electrons. The van der Waals surface area contributed by atoms with E-state index in [9.17, 15) is 10.1 Å². The Hall–Kier alpha value is -3.43. The van der Waals surface area contributed by atoms with Crippen LogP contribution in [0.25, 0.3) is 10.4 Å². The van der Waals surface area contributed by atoms with Crippen LogP contribution in [0.15, 0.2) is 65.7 Å². The number of carbonyl (C=O) groups is 1. The van der Waals surface area contributed by atoms with Gasteiger partial charge in [-0.05, 0) is 66.6 Å². The zero-order chi connectivity index (χ0) is 22.5. The molecule has 1 aliphatic heterocycles. The highest BCUT2D eigenvalue weighted by atomic mass is 32.1. The molecule has 5 rings (SSSR count). The maximum Gasteiger partial charge on any atom is 0.239 e. The molecule has 2 aliphatic rings. The van der Waals surface area contributed by atoms with Crippen LogP contribution in [0.2, 0.25) is 0 Å². The predicted molar refractivity (Wildman–Crippen MR) is 127 cm³/mol. The number of hydrogen-bond donors (Lipinski definition) is 1. The highest BCUT2D eigenvalue weighted by Crippen LogP contribution is 2.48. The normalized spacial score (nSPS) is 23.0. The first-order valence-electron chi connectivity index (χ1n) is 10.7. The number of rotatable bonds is 4. The summed E-state index contributed by atoms with van der Waals surface area (Å²) in [5.74, 6) is 0.369. The Morgan fingerprint density at radius 2 is 1.84 bits per heavy atom. The summed E-state index contributed by atoms with van der Waals surface area (Å²) in [4.78, 5) is 21.7. The molecule has 5 nitrogen and oxygen atoms in total. The van der Waals surface area contributed by atoms with E-state index >= 15 is 0 Å². The summed E-state index contributed by atoms with van der Waals surface area (Å²) < 4.78 is 0. The number of nitrogens with two attached hydrogens (primary N) is 1. The average Bonchev–Trinajstić information content (AvgIpc) is 3.53. The third-order valence-corrected chi connectivity index (χ3v) is 7.89. The van der Waals surface area contributed by atoms with Crippen LogP contribution in [0, 0.1) is 11.3 Å². The second-order valence-corrected chi connectivity index (χ2v) is 9.83. The smallest absolute Gasteiger partial charge is 0.239 e. The molecule has 0 unspecified atom stereocenters. The van der Waals surface area contributed by atoms with E-state index in [0.29, 0.717) is 11.5 Å². The van der Waals surface area contributed by atoms with Gasteiger partial charge in [0.1, 0.15) is 5.54 Å². The first kappa shape index (κ1) is 20.5. The lowest BCUT2D eigenvalue weighted by Gasteiger charge is -2.40. The number of thiophene rings is 1. The predicted octanol–water partition coefficient (Wildman–Crippen LogP) is 4.95. The molecule has 2 atom stereocenters. The number of likely N-dealkylation sites (N-methyl/N-ethyl adjacent to an activating group) is 1. The van der Waals surface area contributed by atoms with Crippen molar-refractivity contribution in [3.05, 3.63) is 82.2 Å². The van der Waals surface area contributed by atoms with Gasteiger partial charge < -0.3 is 5.73 Å². The highest BCUT2D eigenvalue weighted by Gasteiger charge is 2.48. The van der Waals surface area contributed by atoms with Gasteiger partial charge in [0.15, 0.2) is 5.96 Å². The Balaban J connectivity index is 1.58. The van der Waals surface area contributed by atoms with Crippen LogP contribution in [0.3, 0.4) is 0 Å². The van der Waals surface area contributed by atoms with Gasteiger partial charge in [0.05, 0.1) is 17.6 Å². The van der Waals surface area contributed by atoms with Crippen molar-refractivity contribution in [3.8, 4) is 16.5 Å². The lowest BCUT2D eigenvalue weighted by Crippen LogP contribution is -2.52. The van der Waals surface area contributed by atoms with E-state index < -0.39 is 11.5 Å². The Bertz CT molecular complexity index is 1270. The quantitative estimate of drug-likeness (QED) is 0.623. The second-order valence-electron chi connectivity index (χ2n) is 8.75.